The third-order valence-corrected chi connectivity index (χ3v) is 7.18. The Morgan fingerprint density at radius 1 is 0.964 bits per heavy atom. The van der Waals surface area contributed by atoms with Crippen molar-refractivity contribution in [3.05, 3.63) is 66.2 Å². The van der Waals surface area contributed by atoms with Gasteiger partial charge in [0, 0.05) is 24.4 Å². The zero-order chi connectivity index (χ0) is 19.7. The highest BCUT2D eigenvalue weighted by molar-refractivity contribution is 7.89. The van der Waals surface area contributed by atoms with Crippen LogP contribution in [0.1, 0.15) is 30.4 Å². The Balaban J connectivity index is 1.52. The van der Waals surface area contributed by atoms with Gasteiger partial charge >= 0.3 is 6.03 Å². The van der Waals surface area contributed by atoms with Crippen LogP contribution in [0.4, 0.5) is 10.5 Å². The van der Waals surface area contributed by atoms with Gasteiger partial charge in [-0.3, -0.25) is 4.90 Å². The highest BCUT2D eigenvalue weighted by Crippen LogP contribution is 2.32. The highest BCUT2D eigenvalue weighted by atomic mass is 32.2. The lowest BCUT2D eigenvalue weighted by atomic mass is 10.1. The summed E-state index contributed by atoms with van der Waals surface area (Å²) >= 11 is 0. The van der Waals surface area contributed by atoms with E-state index in [0.717, 1.165) is 36.1 Å². The first-order chi connectivity index (χ1) is 13.5. The fraction of sp³-hybridized carbons (Fsp3) is 0.286. The maximum Gasteiger partial charge on any atom is 0.326 e. The molecule has 0 saturated carbocycles. The number of amides is 2. The molecule has 146 valence electrons. The number of fused-ring (bicyclic) bond motifs is 1. The standard InChI is InChI=1S/C21H23N3O3S/c1-16-19-7-3-4-8-20(19)22-21(25)24(16)15-17-9-11-18(12-10-17)28(26,27)23-13-5-2-6-14-23/h3-4,7-12H,1-2,5-6,13-15H2,(H,22,25). The number of carbonyl (C=O) groups excluding carboxylic acids is 1. The normalized spacial score (nSPS) is 17.9. The second-order valence-corrected chi connectivity index (χ2v) is 9.06. The van der Waals surface area contributed by atoms with Crippen molar-refractivity contribution in [2.75, 3.05) is 18.4 Å². The molecule has 6 nitrogen and oxygen atoms in total. The van der Waals surface area contributed by atoms with Gasteiger partial charge < -0.3 is 5.32 Å². The molecular weight excluding hydrogens is 374 g/mol. The smallest absolute Gasteiger partial charge is 0.307 e. The van der Waals surface area contributed by atoms with Crippen molar-refractivity contribution in [2.24, 2.45) is 0 Å². The molecule has 1 saturated heterocycles. The second-order valence-electron chi connectivity index (χ2n) is 7.12. The van der Waals surface area contributed by atoms with Crippen molar-refractivity contribution in [3.8, 4) is 0 Å². The number of hydrogen-bond acceptors (Lipinski definition) is 3. The van der Waals surface area contributed by atoms with Crippen LogP contribution in [0, 0.1) is 0 Å². The number of urea groups is 1. The summed E-state index contributed by atoms with van der Waals surface area (Å²) < 4.78 is 27.1. The van der Waals surface area contributed by atoms with Gasteiger partial charge in [0.2, 0.25) is 10.0 Å². The van der Waals surface area contributed by atoms with Crippen LogP contribution in [0.15, 0.2) is 60.0 Å². The lowest BCUT2D eigenvalue weighted by molar-refractivity contribution is 0.229. The molecule has 1 fully saturated rings. The molecule has 0 spiro atoms. The summed E-state index contributed by atoms with van der Waals surface area (Å²) in [6.07, 6.45) is 2.89. The molecule has 0 aliphatic carbocycles. The van der Waals surface area contributed by atoms with Gasteiger partial charge in [-0.25, -0.2) is 13.2 Å². The predicted octanol–water partition coefficient (Wildman–Crippen LogP) is 3.88. The zero-order valence-corrected chi connectivity index (χ0v) is 16.4. The molecule has 2 aliphatic heterocycles. The minimum absolute atomic E-state index is 0.242. The van der Waals surface area contributed by atoms with Gasteiger partial charge in [0.05, 0.1) is 17.1 Å². The summed E-state index contributed by atoms with van der Waals surface area (Å²) in [5, 5.41) is 2.86. The molecule has 0 atom stereocenters. The van der Waals surface area contributed by atoms with Gasteiger partial charge in [0.1, 0.15) is 0 Å². The molecule has 0 aromatic heterocycles. The number of carbonyl (C=O) groups is 1. The Kier molecular flexibility index (Phi) is 4.95. The number of para-hydroxylation sites is 1. The Labute approximate surface area is 165 Å². The third-order valence-electron chi connectivity index (χ3n) is 5.27. The van der Waals surface area contributed by atoms with Crippen molar-refractivity contribution in [1.29, 1.82) is 0 Å². The molecule has 7 heteroatoms. The number of rotatable bonds is 4. The number of nitrogens with one attached hydrogen (secondary N) is 1. The van der Waals surface area contributed by atoms with E-state index in [1.165, 1.54) is 0 Å². The van der Waals surface area contributed by atoms with Crippen LogP contribution in [0.5, 0.6) is 0 Å². The average molecular weight is 398 g/mol. The molecule has 2 aliphatic rings. The molecule has 2 heterocycles. The molecule has 2 aromatic carbocycles. The molecule has 28 heavy (non-hydrogen) atoms. The number of piperidine rings is 1. The molecule has 0 radical (unpaired) electrons. The fourth-order valence-corrected chi connectivity index (χ4v) is 5.18. The van der Waals surface area contributed by atoms with Gasteiger partial charge in [-0.15, -0.1) is 0 Å². The maximum absolute atomic E-state index is 12.8. The van der Waals surface area contributed by atoms with E-state index < -0.39 is 10.0 Å². The van der Waals surface area contributed by atoms with Crippen LogP contribution < -0.4 is 5.32 Å². The number of anilines is 1. The molecule has 2 amide bonds. The van der Waals surface area contributed by atoms with Crippen LogP contribution in [-0.4, -0.2) is 36.7 Å². The molecule has 4 rings (SSSR count). The summed E-state index contributed by atoms with van der Waals surface area (Å²) in [4.78, 5) is 14.3. The van der Waals surface area contributed by atoms with E-state index in [-0.39, 0.29) is 6.03 Å². The monoisotopic (exact) mass is 397 g/mol. The van der Waals surface area contributed by atoms with E-state index >= 15 is 0 Å². The lowest BCUT2D eigenvalue weighted by Gasteiger charge is -2.31. The minimum Gasteiger partial charge on any atom is -0.307 e. The van der Waals surface area contributed by atoms with E-state index in [4.69, 9.17) is 0 Å². The molecule has 2 aromatic rings. The van der Waals surface area contributed by atoms with Crippen LogP contribution >= 0.6 is 0 Å². The Bertz CT molecular complexity index is 1010. The van der Waals surface area contributed by atoms with Gasteiger partial charge in [-0.2, -0.15) is 4.31 Å². The minimum atomic E-state index is -3.45. The van der Waals surface area contributed by atoms with E-state index in [2.05, 4.69) is 11.9 Å². The van der Waals surface area contributed by atoms with Crippen molar-refractivity contribution >= 4 is 27.4 Å². The summed E-state index contributed by atoms with van der Waals surface area (Å²) in [7, 11) is -3.45. The van der Waals surface area contributed by atoms with Crippen LogP contribution in [0.3, 0.4) is 0 Å². The number of hydrogen-bond donors (Lipinski definition) is 1. The van der Waals surface area contributed by atoms with Gasteiger partial charge in [-0.05, 0) is 36.6 Å². The zero-order valence-electron chi connectivity index (χ0n) is 15.6. The fourth-order valence-electron chi connectivity index (χ4n) is 3.67. The second kappa shape index (κ2) is 7.41. The first-order valence-corrected chi connectivity index (χ1v) is 10.9. The maximum atomic E-state index is 12.8. The van der Waals surface area contributed by atoms with Gasteiger partial charge in [0.25, 0.3) is 0 Å². The van der Waals surface area contributed by atoms with Crippen LogP contribution in [0.2, 0.25) is 0 Å². The summed E-state index contributed by atoms with van der Waals surface area (Å²) in [5.41, 5.74) is 3.10. The number of sulfonamides is 1. The van der Waals surface area contributed by atoms with Crippen molar-refractivity contribution < 1.29 is 13.2 Å². The summed E-state index contributed by atoms with van der Waals surface area (Å²) in [6, 6.07) is 14.1. The number of nitrogens with zero attached hydrogens (tertiary/aromatic N) is 2. The largest absolute Gasteiger partial charge is 0.326 e. The van der Waals surface area contributed by atoms with Crippen molar-refractivity contribution in [2.45, 2.75) is 30.7 Å². The Hall–Kier alpha value is -2.64. The van der Waals surface area contributed by atoms with Gasteiger partial charge in [-0.1, -0.05) is 43.3 Å². The highest BCUT2D eigenvalue weighted by Gasteiger charge is 2.27. The Morgan fingerprint density at radius 2 is 1.64 bits per heavy atom. The third kappa shape index (κ3) is 3.43. The molecule has 1 N–H and O–H groups in total. The summed E-state index contributed by atoms with van der Waals surface area (Å²) in [5.74, 6) is 0. The molecule has 0 bridgehead atoms. The quantitative estimate of drug-likeness (QED) is 0.851. The van der Waals surface area contributed by atoms with E-state index in [9.17, 15) is 13.2 Å². The molecular formula is C21H23N3O3S. The van der Waals surface area contributed by atoms with E-state index in [1.807, 2.05) is 24.3 Å². The SMILES string of the molecule is C=C1c2ccccc2NC(=O)N1Cc1ccc(S(=O)(=O)N2CCCCC2)cc1. The number of benzene rings is 2. The molecule has 0 unspecified atom stereocenters. The van der Waals surface area contributed by atoms with Gasteiger partial charge in [0.15, 0.2) is 0 Å². The van der Waals surface area contributed by atoms with Crippen molar-refractivity contribution in [1.82, 2.24) is 9.21 Å². The first kappa shape index (κ1) is 18.7. The lowest BCUT2D eigenvalue weighted by Crippen LogP contribution is -2.37. The average Bonchev–Trinajstić information content (AvgIpc) is 2.72. The van der Waals surface area contributed by atoms with E-state index in [0.29, 0.717) is 30.2 Å². The Morgan fingerprint density at radius 3 is 2.36 bits per heavy atom. The van der Waals surface area contributed by atoms with Crippen LogP contribution in [0.25, 0.3) is 5.70 Å². The van der Waals surface area contributed by atoms with Crippen LogP contribution in [-0.2, 0) is 16.6 Å². The summed E-state index contributed by atoms with van der Waals surface area (Å²) in [6.45, 7) is 5.55. The predicted molar refractivity (Wildman–Crippen MR) is 109 cm³/mol. The van der Waals surface area contributed by atoms with E-state index in [1.54, 1.807) is 33.5 Å². The first-order valence-electron chi connectivity index (χ1n) is 9.43. The van der Waals surface area contributed by atoms with Crippen molar-refractivity contribution in [3.63, 3.8) is 0 Å². The topological polar surface area (TPSA) is 69.7 Å².